The van der Waals surface area contributed by atoms with Gasteiger partial charge in [-0.2, -0.15) is 5.10 Å². The molecule has 0 aliphatic heterocycles. The summed E-state index contributed by atoms with van der Waals surface area (Å²) in [5.74, 6) is 0. The Hall–Kier alpha value is -1.38. The van der Waals surface area contributed by atoms with E-state index in [1.165, 1.54) is 0 Å². The fourth-order valence-electron chi connectivity index (χ4n) is 0.570. The highest BCUT2D eigenvalue weighted by Crippen LogP contribution is 2.00. The molecule has 0 aromatic carbocycles. The van der Waals surface area contributed by atoms with Gasteiger partial charge in [0, 0.05) is 0 Å². The topological polar surface area (TPSA) is 51.8 Å². The van der Waals surface area contributed by atoms with Crippen molar-refractivity contribution < 1.29 is 0 Å². The van der Waals surface area contributed by atoms with E-state index in [-0.39, 0.29) is 0 Å². The lowest BCUT2D eigenvalue weighted by molar-refractivity contribution is 0.962. The van der Waals surface area contributed by atoms with Crippen molar-refractivity contribution in [2.45, 2.75) is 6.92 Å². The normalized spacial score (nSPS) is 9.30. The quantitative estimate of drug-likeness (QED) is 0.617. The van der Waals surface area contributed by atoms with Crippen LogP contribution >= 0.6 is 0 Å². The van der Waals surface area contributed by atoms with E-state index < -0.39 is 0 Å². The minimum absolute atomic E-state index is 0.451. The van der Waals surface area contributed by atoms with E-state index >= 15 is 0 Å². The molecule has 0 aliphatic carbocycles. The van der Waals surface area contributed by atoms with Gasteiger partial charge in [0.15, 0.2) is 0 Å². The largest absolute Gasteiger partial charge is 0.397 e. The van der Waals surface area contributed by atoms with Crippen molar-refractivity contribution in [3.8, 4) is 0 Å². The highest BCUT2D eigenvalue weighted by Gasteiger charge is 1.93. The van der Waals surface area contributed by atoms with Crippen molar-refractivity contribution in [3.05, 3.63) is 30.1 Å². The minimum Gasteiger partial charge on any atom is -0.397 e. The molecule has 10 heavy (non-hydrogen) atoms. The van der Waals surface area contributed by atoms with Crippen LogP contribution in [0.5, 0.6) is 0 Å². The molecular formula is C7H9N3. The Morgan fingerprint density at radius 2 is 2.20 bits per heavy atom. The van der Waals surface area contributed by atoms with Gasteiger partial charge in [0.1, 0.15) is 5.69 Å². The smallest absolute Gasteiger partial charge is 0.108 e. The van der Waals surface area contributed by atoms with E-state index in [9.17, 15) is 0 Å². The van der Waals surface area contributed by atoms with E-state index in [4.69, 9.17) is 5.73 Å². The third-order valence-electron chi connectivity index (χ3n) is 1.13. The lowest BCUT2D eigenvalue weighted by Gasteiger charge is -1.95. The second kappa shape index (κ2) is 2.47. The average molecular weight is 135 g/mol. The zero-order chi connectivity index (χ0) is 7.56. The van der Waals surface area contributed by atoms with Gasteiger partial charge >= 0.3 is 0 Å². The van der Waals surface area contributed by atoms with Crippen LogP contribution in [0.1, 0.15) is 11.4 Å². The fourth-order valence-corrected chi connectivity index (χ4v) is 0.570. The standard InChI is InChI=1S/C7H9N3/c1-5-3-4-7(6(2)8)10-9-5/h3-4H,2,8H2,1H3. The van der Waals surface area contributed by atoms with Gasteiger partial charge in [0.2, 0.25) is 0 Å². The summed E-state index contributed by atoms with van der Waals surface area (Å²) in [4.78, 5) is 0. The molecule has 0 saturated heterocycles. The molecule has 2 N–H and O–H groups in total. The Bertz CT molecular complexity index is 238. The number of aromatic nitrogens is 2. The van der Waals surface area contributed by atoms with Crippen molar-refractivity contribution >= 4 is 5.70 Å². The van der Waals surface area contributed by atoms with Crippen LogP contribution in [0.3, 0.4) is 0 Å². The predicted octanol–water partition coefficient (Wildman–Crippen LogP) is 0.714. The molecule has 1 aromatic rings. The number of nitrogens with zero attached hydrogens (tertiary/aromatic N) is 2. The minimum atomic E-state index is 0.451. The molecule has 0 spiro atoms. The molecule has 0 radical (unpaired) electrons. The van der Waals surface area contributed by atoms with Gasteiger partial charge in [-0.15, -0.1) is 5.10 Å². The summed E-state index contributed by atoms with van der Waals surface area (Å²) in [6, 6.07) is 3.64. The molecule has 0 bridgehead atoms. The van der Waals surface area contributed by atoms with Crippen LogP contribution in [0.2, 0.25) is 0 Å². The maximum atomic E-state index is 5.37. The molecule has 0 atom stereocenters. The Kier molecular flexibility index (Phi) is 1.67. The number of hydrogen-bond acceptors (Lipinski definition) is 3. The van der Waals surface area contributed by atoms with Crippen LogP contribution < -0.4 is 5.73 Å². The zero-order valence-corrected chi connectivity index (χ0v) is 5.83. The van der Waals surface area contributed by atoms with Gasteiger partial charge in [-0.3, -0.25) is 0 Å². The third-order valence-corrected chi connectivity index (χ3v) is 1.13. The molecule has 52 valence electrons. The lowest BCUT2D eigenvalue weighted by Crippen LogP contribution is -1.98. The second-order valence-corrected chi connectivity index (χ2v) is 2.09. The Labute approximate surface area is 59.6 Å². The summed E-state index contributed by atoms with van der Waals surface area (Å²) >= 11 is 0. The van der Waals surface area contributed by atoms with Gasteiger partial charge in [0.05, 0.1) is 11.4 Å². The highest BCUT2D eigenvalue weighted by atomic mass is 15.1. The molecule has 1 heterocycles. The maximum Gasteiger partial charge on any atom is 0.108 e. The van der Waals surface area contributed by atoms with Gasteiger partial charge in [-0.1, -0.05) is 6.58 Å². The average Bonchev–Trinajstić information content (AvgIpc) is 1.88. The molecule has 1 aromatic heterocycles. The first kappa shape index (κ1) is 6.74. The Balaban J connectivity index is 3.00. The first-order chi connectivity index (χ1) is 4.70. The molecule has 0 saturated carbocycles. The Morgan fingerprint density at radius 1 is 1.50 bits per heavy atom. The summed E-state index contributed by atoms with van der Waals surface area (Å²) in [6.45, 7) is 5.40. The molecule has 1 rings (SSSR count). The summed E-state index contributed by atoms with van der Waals surface area (Å²) < 4.78 is 0. The van der Waals surface area contributed by atoms with Crippen molar-refractivity contribution in [1.82, 2.24) is 10.2 Å². The number of nitrogens with two attached hydrogens (primary N) is 1. The van der Waals surface area contributed by atoms with Crippen molar-refractivity contribution in [3.63, 3.8) is 0 Å². The van der Waals surface area contributed by atoms with Crippen molar-refractivity contribution in [2.75, 3.05) is 0 Å². The molecule has 3 heteroatoms. The Morgan fingerprint density at radius 3 is 2.60 bits per heavy atom. The SMILES string of the molecule is C=C(N)c1ccc(C)nn1. The number of aryl methyl sites for hydroxylation is 1. The van der Waals surface area contributed by atoms with Crippen LogP contribution in [0, 0.1) is 6.92 Å². The lowest BCUT2D eigenvalue weighted by atomic mass is 10.3. The third kappa shape index (κ3) is 1.31. The van der Waals surface area contributed by atoms with Crippen LogP contribution in [-0.2, 0) is 0 Å². The van der Waals surface area contributed by atoms with Crippen molar-refractivity contribution in [2.24, 2.45) is 5.73 Å². The summed E-state index contributed by atoms with van der Waals surface area (Å²) in [7, 11) is 0. The number of rotatable bonds is 1. The molecular weight excluding hydrogens is 126 g/mol. The summed E-state index contributed by atoms with van der Waals surface area (Å²) in [5, 5.41) is 7.61. The maximum absolute atomic E-state index is 5.37. The molecule has 0 amide bonds. The van der Waals surface area contributed by atoms with Crippen LogP contribution in [-0.4, -0.2) is 10.2 Å². The van der Waals surface area contributed by atoms with Crippen molar-refractivity contribution in [1.29, 1.82) is 0 Å². The molecule has 0 aliphatic rings. The number of hydrogen-bond donors (Lipinski definition) is 1. The van der Waals surface area contributed by atoms with E-state index in [1.807, 2.05) is 13.0 Å². The van der Waals surface area contributed by atoms with Gasteiger partial charge in [0.25, 0.3) is 0 Å². The van der Waals surface area contributed by atoms with E-state index in [0.29, 0.717) is 11.4 Å². The first-order valence-corrected chi connectivity index (χ1v) is 2.95. The van der Waals surface area contributed by atoms with E-state index in [2.05, 4.69) is 16.8 Å². The molecule has 0 unspecified atom stereocenters. The summed E-state index contributed by atoms with van der Waals surface area (Å²) in [5.41, 5.74) is 7.34. The van der Waals surface area contributed by atoms with Gasteiger partial charge < -0.3 is 5.73 Å². The van der Waals surface area contributed by atoms with Crippen LogP contribution in [0.15, 0.2) is 18.7 Å². The predicted molar refractivity (Wildman–Crippen MR) is 40.0 cm³/mol. The van der Waals surface area contributed by atoms with E-state index in [0.717, 1.165) is 5.69 Å². The first-order valence-electron chi connectivity index (χ1n) is 2.95. The fraction of sp³-hybridized carbons (Fsp3) is 0.143. The summed E-state index contributed by atoms with van der Waals surface area (Å²) in [6.07, 6.45) is 0. The van der Waals surface area contributed by atoms with Gasteiger partial charge in [-0.25, -0.2) is 0 Å². The zero-order valence-electron chi connectivity index (χ0n) is 5.83. The van der Waals surface area contributed by atoms with Crippen LogP contribution in [0.4, 0.5) is 0 Å². The second-order valence-electron chi connectivity index (χ2n) is 2.09. The van der Waals surface area contributed by atoms with Crippen LogP contribution in [0.25, 0.3) is 5.70 Å². The monoisotopic (exact) mass is 135 g/mol. The highest BCUT2D eigenvalue weighted by molar-refractivity contribution is 5.55. The van der Waals surface area contributed by atoms with E-state index in [1.54, 1.807) is 6.07 Å². The molecule has 0 fully saturated rings. The van der Waals surface area contributed by atoms with Gasteiger partial charge in [-0.05, 0) is 19.1 Å². The molecule has 3 nitrogen and oxygen atoms in total.